The number of hydrogen-bond donors (Lipinski definition) is 2. The zero-order valence-electron chi connectivity index (χ0n) is 20.8. The van der Waals surface area contributed by atoms with Gasteiger partial charge in [-0.25, -0.2) is 0 Å². The molecule has 3 aromatic carbocycles. The van der Waals surface area contributed by atoms with E-state index in [0.29, 0.717) is 46.9 Å². The van der Waals surface area contributed by atoms with E-state index in [1.54, 1.807) is 55.5 Å². The van der Waals surface area contributed by atoms with Crippen LogP contribution in [0.2, 0.25) is 5.02 Å². The summed E-state index contributed by atoms with van der Waals surface area (Å²) in [4.78, 5) is 28.0. The van der Waals surface area contributed by atoms with Gasteiger partial charge in [0.15, 0.2) is 0 Å². The molecule has 0 bridgehead atoms. The largest absolute Gasteiger partial charge is 0.508 e. The van der Waals surface area contributed by atoms with Gasteiger partial charge in [0, 0.05) is 11.3 Å². The number of phenolic OH excluding ortho intramolecular Hbond substituents is 1. The fourth-order valence-corrected chi connectivity index (χ4v) is 4.32. The lowest BCUT2D eigenvalue weighted by Crippen LogP contribution is -2.29. The molecule has 3 aromatic rings. The number of hydrogen-bond acceptors (Lipinski definition) is 6. The van der Waals surface area contributed by atoms with E-state index in [-0.39, 0.29) is 22.6 Å². The molecule has 7 nitrogen and oxygen atoms in total. The van der Waals surface area contributed by atoms with E-state index in [9.17, 15) is 19.8 Å². The van der Waals surface area contributed by atoms with Gasteiger partial charge in [-0.3, -0.25) is 14.5 Å². The number of carbonyl (C=O) groups excluding carboxylic acids is 2. The molecule has 1 amide bonds. The van der Waals surface area contributed by atoms with Crippen LogP contribution in [0.1, 0.15) is 37.9 Å². The second-order valence-corrected chi connectivity index (χ2v) is 9.45. The SMILES string of the molecule is CCOc1cc(/C(O)=C2/C(=O)C(=O)N(c3ccc(OCC(C)C)cc3)C2c2cccc(O)c2)ccc1Cl. The van der Waals surface area contributed by atoms with Crippen LogP contribution in [-0.2, 0) is 9.59 Å². The van der Waals surface area contributed by atoms with Crippen LogP contribution in [0.15, 0.2) is 72.3 Å². The van der Waals surface area contributed by atoms with Crippen molar-refractivity contribution in [1.29, 1.82) is 0 Å². The summed E-state index contributed by atoms with van der Waals surface area (Å²) >= 11 is 6.20. The molecule has 0 saturated carbocycles. The first-order chi connectivity index (χ1) is 17.7. The summed E-state index contributed by atoms with van der Waals surface area (Å²) in [6, 6.07) is 16.7. The zero-order valence-corrected chi connectivity index (χ0v) is 21.5. The molecular weight excluding hydrogens is 494 g/mol. The summed E-state index contributed by atoms with van der Waals surface area (Å²) in [5.74, 6) is -0.738. The number of ether oxygens (including phenoxy) is 2. The molecule has 37 heavy (non-hydrogen) atoms. The monoisotopic (exact) mass is 521 g/mol. The van der Waals surface area contributed by atoms with Crippen molar-refractivity contribution in [2.24, 2.45) is 5.92 Å². The van der Waals surface area contributed by atoms with Crippen LogP contribution < -0.4 is 14.4 Å². The van der Waals surface area contributed by atoms with Crippen molar-refractivity contribution in [1.82, 2.24) is 0 Å². The van der Waals surface area contributed by atoms with Crippen LogP contribution in [0.25, 0.3) is 5.76 Å². The zero-order chi connectivity index (χ0) is 26.7. The van der Waals surface area contributed by atoms with Crippen molar-refractivity contribution in [3.63, 3.8) is 0 Å². The van der Waals surface area contributed by atoms with Gasteiger partial charge in [-0.15, -0.1) is 0 Å². The number of ketones is 1. The molecule has 1 saturated heterocycles. The number of aliphatic hydroxyl groups excluding tert-OH is 1. The standard InChI is InChI=1S/C29H28ClNO6/c1-4-36-24-15-19(8-13-23(24)30)27(33)25-26(18-6-5-7-21(32)14-18)31(29(35)28(25)34)20-9-11-22(12-10-20)37-16-17(2)3/h5-15,17,26,32-33H,4,16H2,1-3H3/b27-25-. The number of nitrogens with zero attached hydrogens (tertiary/aromatic N) is 1. The topological polar surface area (TPSA) is 96.3 Å². The van der Waals surface area contributed by atoms with Gasteiger partial charge >= 0.3 is 0 Å². The highest BCUT2D eigenvalue weighted by molar-refractivity contribution is 6.51. The van der Waals surface area contributed by atoms with Crippen molar-refractivity contribution in [2.45, 2.75) is 26.8 Å². The fraction of sp³-hybridized carbons (Fsp3) is 0.241. The Morgan fingerprint density at radius 1 is 1.03 bits per heavy atom. The molecule has 1 aliphatic rings. The highest BCUT2D eigenvalue weighted by atomic mass is 35.5. The molecule has 2 N–H and O–H groups in total. The third-order valence-corrected chi connectivity index (χ3v) is 6.15. The Morgan fingerprint density at radius 2 is 1.76 bits per heavy atom. The summed E-state index contributed by atoms with van der Waals surface area (Å²) in [6.45, 7) is 6.78. The number of benzene rings is 3. The van der Waals surface area contributed by atoms with Gasteiger partial charge < -0.3 is 19.7 Å². The Bertz CT molecular complexity index is 1350. The lowest BCUT2D eigenvalue weighted by molar-refractivity contribution is -0.132. The van der Waals surface area contributed by atoms with Crippen molar-refractivity contribution in [3.8, 4) is 17.2 Å². The number of carbonyl (C=O) groups is 2. The first-order valence-corrected chi connectivity index (χ1v) is 12.3. The molecule has 0 spiro atoms. The number of phenols is 1. The fourth-order valence-electron chi connectivity index (χ4n) is 4.15. The van der Waals surface area contributed by atoms with Crippen molar-refractivity contribution < 1.29 is 29.3 Å². The molecule has 4 rings (SSSR count). The summed E-state index contributed by atoms with van der Waals surface area (Å²) in [5, 5.41) is 21.8. The van der Waals surface area contributed by atoms with Crippen molar-refractivity contribution >= 4 is 34.7 Å². The van der Waals surface area contributed by atoms with Gasteiger partial charge in [-0.1, -0.05) is 37.6 Å². The molecule has 1 aliphatic heterocycles. The average Bonchev–Trinajstić information content (AvgIpc) is 3.14. The Balaban J connectivity index is 1.84. The molecule has 1 fully saturated rings. The molecular formula is C29H28ClNO6. The molecule has 0 aromatic heterocycles. The van der Waals surface area contributed by atoms with E-state index in [1.807, 2.05) is 13.8 Å². The van der Waals surface area contributed by atoms with Gasteiger partial charge in [-0.05, 0) is 73.0 Å². The van der Waals surface area contributed by atoms with E-state index in [2.05, 4.69) is 0 Å². The van der Waals surface area contributed by atoms with E-state index in [0.717, 1.165) is 0 Å². The lowest BCUT2D eigenvalue weighted by Gasteiger charge is -2.25. The summed E-state index contributed by atoms with van der Waals surface area (Å²) in [6.07, 6.45) is 0. The number of aromatic hydroxyl groups is 1. The van der Waals surface area contributed by atoms with Crippen LogP contribution in [0, 0.1) is 5.92 Å². The highest BCUT2D eigenvalue weighted by Crippen LogP contribution is 2.43. The number of amides is 1. The molecule has 0 radical (unpaired) electrons. The quantitative estimate of drug-likeness (QED) is 0.211. The normalized spacial score (nSPS) is 16.9. The van der Waals surface area contributed by atoms with Crippen molar-refractivity contribution in [2.75, 3.05) is 18.1 Å². The van der Waals surface area contributed by atoms with E-state index in [1.165, 1.54) is 23.1 Å². The van der Waals surface area contributed by atoms with Crippen LogP contribution in [0.5, 0.6) is 17.2 Å². The summed E-state index contributed by atoms with van der Waals surface area (Å²) < 4.78 is 11.3. The highest BCUT2D eigenvalue weighted by Gasteiger charge is 2.47. The first-order valence-electron chi connectivity index (χ1n) is 12.0. The molecule has 1 heterocycles. The maximum Gasteiger partial charge on any atom is 0.300 e. The predicted molar refractivity (Wildman–Crippen MR) is 142 cm³/mol. The van der Waals surface area contributed by atoms with Gasteiger partial charge in [-0.2, -0.15) is 0 Å². The van der Waals surface area contributed by atoms with Crippen LogP contribution >= 0.6 is 11.6 Å². The number of halogens is 1. The number of anilines is 1. The summed E-state index contributed by atoms with van der Waals surface area (Å²) in [5.41, 5.74) is 1.06. The van der Waals surface area contributed by atoms with Gasteiger partial charge in [0.25, 0.3) is 11.7 Å². The van der Waals surface area contributed by atoms with E-state index >= 15 is 0 Å². The number of aliphatic hydroxyl groups is 1. The maximum absolute atomic E-state index is 13.3. The predicted octanol–water partition coefficient (Wildman–Crippen LogP) is 6.11. The molecule has 0 aliphatic carbocycles. The van der Waals surface area contributed by atoms with Crippen LogP contribution in [-0.4, -0.2) is 35.1 Å². The minimum absolute atomic E-state index is 0.0364. The average molecular weight is 522 g/mol. The molecule has 1 atom stereocenters. The Kier molecular flexibility index (Phi) is 7.74. The molecule has 8 heteroatoms. The Morgan fingerprint density at radius 3 is 2.41 bits per heavy atom. The van der Waals surface area contributed by atoms with Gasteiger partial charge in [0.05, 0.1) is 29.9 Å². The second kappa shape index (κ2) is 11.0. The first kappa shape index (κ1) is 26.1. The van der Waals surface area contributed by atoms with E-state index in [4.69, 9.17) is 21.1 Å². The Hall–Kier alpha value is -3.97. The molecule has 1 unspecified atom stereocenters. The number of Topliss-reactive ketones (excluding diaryl/α,β-unsaturated/α-hetero) is 1. The maximum atomic E-state index is 13.3. The minimum atomic E-state index is -0.985. The van der Waals surface area contributed by atoms with Gasteiger partial charge in [0.1, 0.15) is 23.0 Å². The van der Waals surface area contributed by atoms with E-state index < -0.39 is 17.7 Å². The second-order valence-electron chi connectivity index (χ2n) is 9.04. The smallest absolute Gasteiger partial charge is 0.300 e. The van der Waals surface area contributed by atoms with Crippen LogP contribution in [0.4, 0.5) is 5.69 Å². The van der Waals surface area contributed by atoms with Crippen molar-refractivity contribution in [3.05, 3.63) is 88.5 Å². The van der Waals surface area contributed by atoms with Gasteiger partial charge in [0.2, 0.25) is 0 Å². The number of rotatable bonds is 8. The summed E-state index contributed by atoms with van der Waals surface area (Å²) in [7, 11) is 0. The van der Waals surface area contributed by atoms with Crippen LogP contribution in [0.3, 0.4) is 0 Å². The minimum Gasteiger partial charge on any atom is -0.508 e. The molecule has 192 valence electrons. The lowest BCUT2D eigenvalue weighted by atomic mass is 9.95. The third kappa shape index (κ3) is 5.42. The third-order valence-electron chi connectivity index (χ3n) is 5.83. The Labute approximate surface area is 220 Å².